The molecular formula is C9H11NO2S. The Labute approximate surface area is 80.2 Å². The molecule has 0 radical (unpaired) electrons. The maximum absolute atomic E-state index is 10.8. The van der Waals surface area contributed by atoms with Crippen molar-refractivity contribution in [1.82, 2.24) is 0 Å². The zero-order valence-corrected chi connectivity index (χ0v) is 8.10. The van der Waals surface area contributed by atoms with Gasteiger partial charge in [-0.05, 0) is 25.5 Å². The summed E-state index contributed by atoms with van der Waals surface area (Å²) in [6, 6.07) is 3.98. The number of aliphatic carboxylic acids is 1. The number of aryl methyl sites for hydroxylation is 1. The summed E-state index contributed by atoms with van der Waals surface area (Å²) in [4.78, 5) is 13.1. The third-order valence-corrected chi connectivity index (χ3v) is 3.62. The fourth-order valence-corrected chi connectivity index (χ4v) is 2.59. The normalized spacial score (nSPS) is 31.7. The van der Waals surface area contributed by atoms with Crippen molar-refractivity contribution >= 4 is 17.3 Å². The van der Waals surface area contributed by atoms with E-state index in [1.807, 2.05) is 19.1 Å². The molecule has 1 aliphatic rings. The SMILES string of the molecule is Cc1ccc([C@H]2C[C@]2(N)C(=O)O)s1. The summed E-state index contributed by atoms with van der Waals surface area (Å²) in [5.41, 5.74) is 4.69. The van der Waals surface area contributed by atoms with Gasteiger partial charge in [0.15, 0.2) is 0 Å². The molecule has 13 heavy (non-hydrogen) atoms. The number of thiophene rings is 1. The summed E-state index contributed by atoms with van der Waals surface area (Å²) in [7, 11) is 0. The Morgan fingerprint density at radius 1 is 1.77 bits per heavy atom. The molecule has 1 saturated carbocycles. The van der Waals surface area contributed by atoms with Crippen molar-refractivity contribution in [2.75, 3.05) is 0 Å². The van der Waals surface area contributed by atoms with Crippen molar-refractivity contribution in [2.24, 2.45) is 5.73 Å². The van der Waals surface area contributed by atoms with E-state index >= 15 is 0 Å². The molecule has 1 fully saturated rings. The highest BCUT2D eigenvalue weighted by molar-refractivity contribution is 7.12. The highest BCUT2D eigenvalue weighted by Gasteiger charge is 2.58. The largest absolute Gasteiger partial charge is 0.480 e. The highest BCUT2D eigenvalue weighted by Crippen LogP contribution is 2.51. The van der Waals surface area contributed by atoms with Crippen LogP contribution in [0.25, 0.3) is 0 Å². The molecule has 1 heterocycles. The molecule has 3 nitrogen and oxygen atoms in total. The maximum Gasteiger partial charge on any atom is 0.324 e. The quantitative estimate of drug-likeness (QED) is 0.751. The molecule has 2 rings (SSSR count). The molecule has 2 atom stereocenters. The number of carbonyl (C=O) groups is 1. The van der Waals surface area contributed by atoms with Crippen molar-refractivity contribution in [1.29, 1.82) is 0 Å². The topological polar surface area (TPSA) is 63.3 Å². The lowest BCUT2D eigenvalue weighted by atomic mass is 10.2. The smallest absolute Gasteiger partial charge is 0.324 e. The van der Waals surface area contributed by atoms with E-state index in [2.05, 4.69) is 0 Å². The van der Waals surface area contributed by atoms with Crippen LogP contribution in [0.2, 0.25) is 0 Å². The van der Waals surface area contributed by atoms with Crippen molar-refractivity contribution in [2.45, 2.75) is 24.8 Å². The second kappa shape index (κ2) is 2.56. The van der Waals surface area contributed by atoms with Gasteiger partial charge in [0.1, 0.15) is 5.54 Å². The van der Waals surface area contributed by atoms with Gasteiger partial charge in [-0.25, -0.2) is 0 Å². The minimum Gasteiger partial charge on any atom is -0.480 e. The van der Waals surface area contributed by atoms with Crippen molar-refractivity contribution in [3.63, 3.8) is 0 Å². The molecule has 0 unspecified atom stereocenters. The molecule has 3 N–H and O–H groups in total. The molecule has 1 aromatic rings. The lowest BCUT2D eigenvalue weighted by Gasteiger charge is -2.02. The van der Waals surface area contributed by atoms with E-state index in [4.69, 9.17) is 10.8 Å². The highest BCUT2D eigenvalue weighted by atomic mass is 32.1. The van der Waals surface area contributed by atoms with Gasteiger partial charge in [0.2, 0.25) is 0 Å². The van der Waals surface area contributed by atoms with E-state index in [0.29, 0.717) is 6.42 Å². The van der Waals surface area contributed by atoms with Gasteiger partial charge in [0.05, 0.1) is 0 Å². The van der Waals surface area contributed by atoms with Crippen molar-refractivity contribution in [3.05, 3.63) is 21.9 Å². The average Bonchev–Trinajstić information content (AvgIpc) is 2.55. The number of rotatable bonds is 2. The third-order valence-electron chi connectivity index (χ3n) is 2.51. The molecule has 70 valence electrons. The fraction of sp³-hybridized carbons (Fsp3) is 0.444. The zero-order chi connectivity index (χ0) is 9.64. The molecule has 0 aromatic carbocycles. The first-order chi connectivity index (χ1) is 6.04. The van der Waals surface area contributed by atoms with Gasteiger partial charge in [-0.1, -0.05) is 0 Å². The molecule has 0 amide bonds. The molecule has 1 aliphatic carbocycles. The maximum atomic E-state index is 10.8. The van der Waals surface area contributed by atoms with Crippen molar-refractivity contribution in [3.8, 4) is 0 Å². The number of hydrogen-bond donors (Lipinski definition) is 2. The summed E-state index contributed by atoms with van der Waals surface area (Å²) in [6.45, 7) is 2.01. The molecule has 0 spiro atoms. The number of nitrogens with two attached hydrogens (primary N) is 1. The van der Waals surface area contributed by atoms with Crippen molar-refractivity contribution < 1.29 is 9.90 Å². The Morgan fingerprint density at radius 2 is 2.46 bits per heavy atom. The minimum absolute atomic E-state index is 0.0312. The van der Waals surface area contributed by atoms with Gasteiger partial charge in [-0.3, -0.25) is 4.79 Å². The van der Waals surface area contributed by atoms with E-state index in [1.165, 1.54) is 4.88 Å². The summed E-state index contributed by atoms with van der Waals surface area (Å²) in [5.74, 6) is -0.854. The van der Waals surface area contributed by atoms with Crippen LogP contribution >= 0.6 is 11.3 Å². The molecule has 0 saturated heterocycles. The summed E-state index contributed by atoms with van der Waals surface area (Å²) in [5, 5.41) is 8.83. The van der Waals surface area contributed by atoms with Gasteiger partial charge in [-0.2, -0.15) is 0 Å². The predicted molar refractivity (Wildman–Crippen MR) is 51.0 cm³/mol. The van der Waals surface area contributed by atoms with E-state index < -0.39 is 11.5 Å². The Hall–Kier alpha value is -0.870. The fourth-order valence-electron chi connectivity index (χ4n) is 1.51. The van der Waals surface area contributed by atoms with E-state index in [1.54, 1.807) is 11.3 Å². The van der Waals surface area contributed by atoms with Crippen LogP contribution in [0.4, 0.5) is 0 Å². The van der Waals surface area contributed by atoms with Crippen LogP contribution < -0.4 is 5.73 Å². The predicted octanol–water partition coefficient (Wildman–Crippen LogP) is 1.33. The van der Waals surface area contributed by atoms with Gasteiger partial charge in [0, 0.05) is 15.7 Å². The van der Waals surface area contributed by atoms with E-state index in [0.717, 1.165) is 4.88 Å². The summed E-state index contributed by atoms with van der Waals surface area (Å²) >= 11 is 1.63. The Bertz CT molecular complexity index is 360. The van der Waals surface area contributed by atoms with Gasteiger partial charge in [0.25, 0.3) is 0 Å². The van der Waals surface area contributed by atoms with E-state index in [-0.39, 0.29) is 5.92 Å². The Balaban J connectivity index is 2.20. The Morgan fingerprint density at radius 3 is 2.85 bits per heavy atom. The minimum atomic E-state index is -0.989. The van der Waals surface area contributed by atoms with Gasteiger partial charge < -0.3 is 10.8 Å². The van der Waals surface area contributed by atoms with Crippen LogP contribution in [0.5, 0.6) is 0 Å². The zero-order valence-electron chi connectivity index (χ0n) is 7.28. The average molecular weight is 197 g/mol. The third kappa shape index (κ3) is 1.26. The van der Waals surface area contributed by atoms with Crippen LogP contribution in [0.1, 0.15) is 22.1 Å². The second-order valence-corrected chi connectivity index (χ2v) is 4.87. The van der Waals surface area contributed by atoms with Crippen LogP contribution in [0.15, 0.2) is 12.1 Å². The van der Waals surface area contributed by atoms with E-state index in [9.17, 15) is 4.79 Å². The van der Waals surface area contributed by atoms with Crippen LogP contribution in [0, 0.1) is 6.92 Å². The van der Waals surface area contributed by atoms with Crippen LogP contribution in [-0.2, 0) is 4.79 Å². The second-order valence-electron chi connectivity index (χ2n) is 3.55. The first kappa shape index (κ1) is 8.72. The molecule has 4 heteroatoms. The summed E-state index contributed by atoms with van der Waals surface area (Å²) in [6.07, 6.45) is 0.572. The molecule has 1 aromatic heterocycles. The van der Waals surface area contributed by atoms with Crippen LogP contribution in [0.3, 0.4) is 0 Å². The standard InChI is InChI=1S/C9H11NO2S/c1-5-2-3-7(13-5)6-4-9(6,10)8(11)12/h2-3,6H,4,10H2,1H3,(H,11,12)/t6-,9-/m1/s1. The molecular weight excluding hydrogens is 186 g/mol. The van der Waals surface area contributed by atoms with Gasteiger partial charge in [-0.15, -0.1) is 11.3 Å². The molecule has 0 bridgehead atoms. The number of hydrogen-bond acceptors (Lipinski definition) is 3. The monoisotopic (exact) mass is 197 g/mol. The lowest BCUT2D eigenvalue weighted by molar-refractivity contribution is -0.139. The van der Waals surface area contributed by atoms with Gasteiger partial charge >= 0.3 is 5.97 Å². The first-order valence-corrected chi connectivity index (χ1v) is 4.94. The first-order valence-electron chi connectivity index (χ1n) is 4.12. The number of carboxylic acids is 1. The molecule has 0 aliphatic heterocycles. The Kier molecular flexibility index (Phi) is 1.72. The summed E-state index contributed by atoms with van der Waals surface area (Å²) < 4.78 is 0. The lowest BCUT2D eigenvalue weighted by Crippen LogP contribution is -2.34. The van der Waals surface area contributed by atoms with Crippen LogP contribution in [-0.4, -0.2) is 16.6 Å². The number of carboxylic acid groups (broad SMARTS) is 1.